The highest BCUT2D eigenvalue weighted by molar-refractivity contribution is 5.14. The normalized spacial score (nSPS) is 42.9. The Morgan fingerprint density at radius 3 is 2.36 bits per heavy atom. The van der Waals surface area contributed by atoms with Crippen LogP contribution in [0.1, 0.15) is 32.1 Å². The van der Waals surface area contributed by atoms with Crippen molar-refractivity contribution in [3.8, 4) is 0 Å². The van der Waals surface area contributed by atoms with Crippen molar-refractivity contribution >= 4 is 0 Å². The summed E-state index contributed by atoms with van der Waals surface area (Å²) in [7, 11) is 0. The van der Waals surface area contributed by atoms with E-state index in [4.69, 9.17) is 5.11 Å². The first-order valence-corrected chi connectivity index (χ1v) is 5.34. The smallest absolute Gasteiger partial charge is 0.0641 e. The van der Waals surface area contributed by atoms with E-state index in [9.17, 15) is 10.2 Å². The van der Waals surface area contributed by atoms with Crippen molar-refractivity contribution in [2.75, 3.05) is 6.61 Å². The lowest BCUT2D eigenvalue weighted by molar-refractivity contribution is -0.0315. The monoisotopic (exact) mass is 198 g/mol. The van der Waals surface area contributed by atoms with Crippen molar-refractivity contribution in [1.82, 2.24) is 0 Å². The third kappa shape index (κ3) is 1.40. The highest BCUT2D eigenvalue weighted by Gasteiger charge is 2.48. The van der Waals surface area contributed by atoms with Crippen LogP contribution in [-0.4, -0.2) is 34.1 Å². The van der Waals surface area contributed by atoms with Gasteiger partial charge in [-0.3, -0.25) is 0 Å². The van der Waals surface area contributed by atoms with Gasteiger partial charge in [-0.15, -0.1) is 0 Å². The van der Waals surface area contributed by atoms with E-state index < -0.39 is 0 Å². The fourth-order valence-corrected chi connectivity index (χ4v) is 2.79. The van der Waals surface area contributed by atoms with Crippen LogP contribution in [0.2, 0.25) is 0 Å². The second-order valence-electron chi connectivity index (χ2n) is 4.57. The van der Waals surface area contributed by atoms with Gasteiger partial charge in [0.15, 0.2) is 0 Å². The molecule has 0 aromatic carbocycles. The zero-order valence-electron chi connectivity index (χ0n) is 8.32. The van der Waals surface area contributed by atoms with Crippen molar-refractivity contribution < 1.29 is 15.3 Å². The minimum Gasteiger partial charge on any atom is -0.392 e. The molecule has 1 spiro atoms. The number of rotatable bonds is 1. The molecule has 2 unspecified atom stereocenters. The molecule has 0 aliphatic heterocycles. The van der Waals surface area contributed by atoms with Crippen LogP contribution >= 0.6 is 0 Å². The van der Waals surface area contributed by atoms with Gasteiger partial charge >= 0.3 is 0 Å². The van der Waals surface area contributed by atoms with Crippen LogP contribution in [0.5, 0.6) is 0 Å². The van der Waals surface area contributed by atoms with Gasteiger partial charge in [0.05, 0.1) is 18.8 Å². The predicted octanol–water partition coefficient (Wildman–Crippen LogP) is 0.591. The zero-order valence-corrected chi connectivity index (χ0v) is 8.32. The number of allylic oxidation sites excluding steroid dienone is 1. The van der Waals surface area contributed by atoms with Gasteiger partial charge in [-0.05, 0) is 37.7 Å². The minimum atomic E-state index is -0.367. The molecule has 2 aliphatic rings. The Morgan fingerprint density at radius 2 is 1.93 bits per heavy atom. The Balaban J connectivity index is 2.15. The van der Waals surface area contributed by atoms with Gasteiger partial charge in [0.2, 0.25) is 0 Å². The highest BCUT2D eigenvalue weighted by atomic mass is 16.3. The predicted molar refractivity (Wildman–Crippen MR) is 52.7 cm³/mol. The summed E-state index contributed by atoms with van der Waals surface area (Å²) < 4.78 is 0. The van der Waals surface area contributed by atoms with Crippen LogP contribution in [0.3, 0.4) is 0 Å². The third-order valence-electron chi connectivity index (χ3n) is 3.93. The SMILES string of the molecule is OCC1=CCC2(CC1)C(O)CCC2O. The number of hydrogen-bond acceptors (Lipinski definition) is 3. The molecule has 0 bridgehead atoms. The third-order valence-corrected chi connectivity index (χ3v) is 3.93. The molecule has 3 heteroatoms. The van der Waals surface area contributed by atoms with Crippen LogP contribution in [0.15, 0.2) is 11.6 Å². The number of hydrogen-bond donors (Lipinski definition) is 3. The lowest BCUT2D eigenvalue weighted by Gasteiger charge is -2.38. The van der Waals surface area contributed by atoms with E-state index in [0.29, 0.717) is 19.3 Å². The zero-order chi connectivity index (χ0) is 10.2. The Hall–Kier alpha value is -0.380. The molecule has 0 aromatic heterocycles. The van der Waals surface area contributed by atoms with Crippen molar-refractivity contribution in [2.45, 2.75) is 44.3 Å². The fraction of sp³-hybridized carbons (Fsp3) is 0.818. The number of aliphatic hydroxyl groups is 3. The van der Waals surface area contributed by atoms with Gasteiger partial charge in [0.25, 0.3) is 0 Å². The molecule has 0 saturated heterocycles. The molecule has 0 heterocycles. The maximum atomic E-state index is 9.88. The first-order valence-electron chi connectivity index (χ1n) is 5.34. The van der Waals surface area contributed by atoms with Gasteiger partial charge in [-0.1, -0.05) is 6.08 Å². The molecule has 2 atom stereocenters. The maximum absolute atomic E-state index is 9.88. The second kappa shape index (κ2) is 3.65. The summed E-state index contributed by atoms with van der Waals surface area (Å²) in [5, 5.41) is 28.7. The Bertz CT molecular complexity index is 237. The van der Waals surface area contributed by atoms with Gasteiger partial charge in [0, 0.05) is 5.41 Å². The van der Waals surface area contributed by atoms with E-state index in [2.05, 4.69) is 0 Å². The van der Waals surface area contributed by atoms with Crippen LogP contribution in [-0.2, 0) is 0 Å². The minimum absolute atomic E-state index is 0.113. The summed E-state index contributed by atoms with van der Waals surface area (Å²) in [5.74, 6) is 0. The van der Waals surface area contributed by atoms with E-state index in [1.165, 1.54) is 0 Å². The summed E-state index contributed by atoms with van der Waals surface area (Å²) in [6, 6.07) is 0. The Labute approximate surface area is 84.1 Å². The van der Waals surface area contributed by atoms with Gasteiger partial charge in [-0.25, -0.2) is 0 Å². The number of aliphatic hydroxyl groups excluding tert-OH is 3. The maximum Gasteiger partial charge on any atom is 0.0641 e. The summed E-state index contributed by atoms with van der Waals surface area (Å²) in [6.07, 6.45) is 5.01. The molecule has 1 saturated carbocycles. The molecule has 80 valence electrons. The average molecular weight is 198 g/mol. The fourth-order valence-electron chi connectivity index (χ4n) is 2.79. The second-order valence-corrected chi connectivity index (χ2v) is 4.57. The van der Waals surface area contributed by atoms with E-state index in [-0.39, 0.29) is 24.2 Å². The van der Waals surface area contributed by atoms with E-state index >= 15 is 0 Å². The lowest BCUT2D eigenvalue weighted by Crippen LogP contribution is -2.40. The van der Waals surface area contributed by atoms with Crippen LogP contribution in [0.4, 0.5) is 0 Å². The van der Waals surface area contributed by atoms with Gasteiger partial charge in [0.1, 0.15) is 0 Å². The molecule has 3 N–H and O–H groups in total. The molecule has 3 nitrogen and oxygen atoms in total. The first kappa shape index (κ1) is 10.1. The molecule has 14 heavy (non-hydrogen) atoms. The summed E-state index contributed by atoms with van der Waals surface area (Å²) >= 11 is 0. The molecule has 1 fully saturated rings. The molecule has 2 aliphatic carbocycles. The van der Waals surface area contributed by atoms with Crippen molar-refractivity contribution in [1.29, 1.82) is 0 Å². The standard InChI is InChI=1S/C11H18O3/c12-7-8-3-5-11(6-4-8)9(13)1-2-10(11)14/h3,9-10,12-14H,1-2,4-7H2. The van der Waals surface area contributed by atoms with Crippen LogP contribution in [0, 0.1) is 5.41 Å². The Kier molecular flexibility index (Phi) is 2.64. The average Bonchev–Trinajstić information content (AvgIpc) is 2.49. The van der Waals surface area contributed by atoms with E-state index in [1.54, 1.807) is 0 Å². The quantitative estimate of drug-likeness (QED) is 0.540. The summed E-state index contributed by atoms with van der Waals surface area (Å²) in [6.45, 7) is 0.113. The van der Waals surface area contributed by atoms with Gasteiger partial charge < -0.3 is 15.3 Å². The van der Waals surface area contributed by atoms with Gasteiger partial charge in [-0.2, -0.15) is 0 Å². The van der Waals surface area contributed by atoms with Crippen molar-refractivity contribution in [3.05, 3.63) is 11.6 Å². The topological polar surface area (TPSA) is 60.7 Å². The van der Waals surface area contributed by atoms with E-state index in [0.717, 1.165) is 18.4 Å². The van der Waals surface area contributed by atoms with Crippen LogP contribution < -0.4 is 0 Å². The Morgan fingerprint density at radius 1 is 1.29 bits per heavy atom. The largest absolute Gasteiger partial charge is 0.392 e. The van der Waals surface area contributed by atoms with Crippen molar-refractivity contribution in [3.63, 3.8) is 0 Å². The highest BCUT2D eigenvalue weighted by Crippen LogP contribution is 2.48. The van der Waals surface area contributed by atoms with Crippen molar-refractivity contribution in [2.24, 2.45) is 5.41 Å². The molecule has 0 amide bonds. The van der Waals surface area contributed by atoms with E-state index in [1.807, 2.05) is 6.08 Å². The molecule has 0 aromatic rings. The molecular formula is C11H18O3. The summed E-state index contributed by atoms with van der Waals surface area (Å²) in [5.41, 5.74) is 0.737. The summed E-state index contributed by atoms with van der Waals surface area (Å²) in [4.78, 5) is 0. The molecular weight excluding hydrogens is 180 g/mol. The lowest BCUT2D eigenvalue weighted by atomic mass is 9.71. The molecule has 0 radical (unpaired) electrons. The first-order chi connectivity index (χ1) is 6.69. The van der Waals surface area contributed by atoms with Crippen LogP contribution in [0.25, 0.3) is 0 Å². The molecule has 2 rings (SSSR count).